The lowest BCUT2D eigenvalue weighted by Crippen LogP contribution is -2.06. The van der Waals surface area contributed by atoms with Gasteiger partial charge in [0.2, 0.25) is 0 Å². The summed E-state index contributed by atoms with van der Waals surface area (Å²) in [6.07, 6.45) is 0.600. The van der Waals surface area contributed by atoms with Crippen LogP contribution in [0.1, 0.15) is 12.0 Å². The Morgan fingerprint density at radius 1 is 1.05 bits per heavy atom. The highest BCUT2D eigenvalue weighted by Gasteiger charge is 2.07. The van der Waals surface area contributed by atoms with E-state index in [-0.39, 0.29) is 16.6 Å². The topological polar surface area (TPSA) is 26.3 Å². The van der Waals surface area contributed by atoms with Crippen LogP contribution in [0.15, 0.2) is 42.5 Å². The molecule has 22 heavy (non-hydrogen) atoms. The molecule has 0 aromatic heterocycles. The lowest BCUT2D eigenvalue weighted by molar-refractivity contribution is 0.318. The Morgan fingerprint density at radius 2 is 1.73 bits per heavy atom. The molecular formula is C16H15ClF2O2S. The Balaban J connectivity index is 1.72. The molecule has 0 N–H and O–H groups in total. The zero-order valence-electron chi connectivity index (χ0n) is 11.7. The van der Waals surface area contributed by atoms with Gasteiger partial charge in [-0.15, -0.1) is 0 Å². The summed E-state index contributed by atoms with van der Waals surface area (Å²) in [5.41, 5.74) is 0.667. The summed E-state index contributed by atoms with van der Waals surface area (Å²) in [5, 5.41) is 0.288. The van der Waals surface area contributed by atoms with Crippen LogP contribution in [-0.4, -0.2) is 16.6 Å². The average molecular weight is 345 g/mol. The van der Waals surface area contributed by atoms with Crippen LogP contribution in [0.2, 0.25) is 5.02 Å². The van der Waals surface area contributed by atoms with Crippen LogP contribution >= 0.6 is 11.6 Å². The van der Waals surface area contributed by atoms with Gasteiger partial charge >= 0.3 is 0 Å². The van der Waals surface area contributed by atoms with Gasteiger partial charge in [-0.3, -0.25) is 4.21 Å². The number of ether oxygens (including phenoxy) is 1. The van der Waals surface area contributed by atoms with Crippen molar-refractivity contribution in [3.8, 4) is 5.75 Å². The van der Waals surface area contributed by atoms with Gasteiger partial charge in [0.1, 0.15) is 17.4 Å². The first-order chi connectivity index (χ1) is 10.5. The number of rotatable bonds is 7. The van der Waals surface area contributed by atoms with Gasteiger partial charge in [0.15, 0.2) is 0 Å². The molecule has 2 aromatic carbocycles. The summed E-state index contributed by atoms with van der Waals surface area (Å²) < 4.78 is 43.0. The maximum Gasteiger partial charge on any atom is 0.124 e. The van der Waals surface area contributed by atoms with E-state index in [9.17, 15) is 13.0 Å². The van der Waals surface area contributed by atoms with Gasteiger partial charge in [0, 0.05) is 27.3 Å². The van der Waals surface area contributed by atoms with Gasteiger partial charge in [-0.25, -0.2) is 8.78 Å². The molecule has 0 saturated carbocycles. The van der Waals surface area contributed by atoms with Crippen LogP contribution in [0.3, 0.4) is 0 Å². The van der Waals surface area contributed by atoms with Crippen molar-refractivity contribution in [3.05, 3.63) is 64.7 Å². The molecule has 0 heterocycles. The Morgan fingerprint density at radius 3 is 2.41 bits per heavy atom. The quantitative estimate of drug-likeness (QED) is 0.698. The van der Waals surface area contributed by atoms with Crippen molar-refractivity contribution >= 4 is 22.4 Å². The van der Waals surface area contributed by atoms with Gasteiger partial charge in [0.05, 0.1) is 6.61 Å². The molecule has 0 aliphatic rings. The van der Waals surface area contributed by atoms with E-state index < -0.39 is 16.6 Å². The summed E-state index contributed by atoms with van der Waals surface area (Å²) in [7, 11) is -1.10. The van der Waals surface area contributed by atoms with Crippen molar-refractivity contribution in [2.45, 2.75) is 12.2 Å². The standard InChI is InChI=1S/C16H15ClF2O2S/c17-16-10-14(19)3-2-12(16)11-22(20)9-1-8-21-15-6-4-13(18)5-7-15/h2-7,10H,1,8-9,11H2/t22-/m0/s1. The predicted octanol–water partition coefficient (Wildman–Crippen LogP) is 4.34. The van der Waals surface area contributed by atoms with E-state index in [0.29, 0.717) is 30.1 Å². The van der Waals surface area contributed by atoms with E-state index in [1.54, 1.807) is 18.2 Å². The fourth-order valence-electron chi connectivity index (χ4n) is 1.83. The van der Waals surface area contributed by atoms with Crippen LogP contribution in [-0.2, 0) is 16.6 Å². The summed E-state index contributed by atoms with van der Waals surface area (Å²) in [6, 6.07) is 9.80. The molecule has 118 valence electrons. The van der Waals surface area contributed by atoms with E-state index in [0.717, 1.165) is 0 Å². The van der Waals surface area contributed by atoms with Crippen molar-refractivity contribution in [2.75, 3.05) is 12.4 Å². The molecule has 0 spiro atoms. The Hall–Kier alpha value is -1.46. The van der Waals surface area contributed by atoms with E-state index in [4.69, 9.17) is 16.3 Å². The molecule has 0 saturated heterocycles. The van der Waals surface area contributed by atoms with Gasteiger partial charge in [-0.1, -0.05) is 17.7 Å². The molecular weight excluding hydrogens is 330 g/mol. The summed E-state index contributed by atoms with van der Waals surface area (Å²) in [4.78, 5) is 0. The normalized spacial score (nSPS) is 12.1. The van der Waals surface area contributed by atoms with E-state index >= 15 is 0 Å². The summed E-state index contributed by atoms with van der Waals surface area (Å²) in [6.45, 7) is 0.397. The molecule has 0 aliphatic carbocycles. The van der Waals surface area contributed by atoms with Gasteiger partial charge in [-0.2, -0.15) is 0 Å². The maximum atomic E-state index is 12.9. The molecule has 6 heteroatoms. The molecule has 0 aliphatic heterocycles. The highest BCUT2D eigenvalue weighted by atomic mass is 35.5. The van der Waals surface area contributed by atoms with Gasteiger partial charge in [-0.05, 0) is 48.4 Å². The second kappa shape index (κ2) is 8.25. The first-order valence-corrected chi connectivity index (χ1v) is 8.58. The number of benzene rings is 2. The smallest absolute Gasteiger partial charge is 0.124 e. The minimum Gasteiger partial charge on any atom is -0.494 e. The number of hydrogen-bond donors (Lipinski definition) is 0. The molecule has 2 rings (SSSR count). The molecule has 0 unspecified atom stereocenters. The van der Waals surface area contributed by atoms with E-state index in [1.807, 2.05) is 0 Å². The zero-order valence-corrected chi connectivity index (χ0v) is 13.3. The van der Waals surface area contributed by atoms with Crippen molar-refractivity contribution in [3.63, 3.8) is 0 Å². The van der Waals surface area contributed by atoms with Crippen molar-refractivity contribution < 1.29 is 17.7 Å². The first kappa shape index (κ1) is 16.9. The summed E-state index contributed by atoms with van der Waals surface area (Å²) in [5.74, 6) is 0.593. The molecule has 0 bridgehead atoms. The van der Waals surface area contributed by atoms with E-state index in [2.05, 4.69) is 0 Å². The first-order valence-electron chi connectivity index (χ1n) is 6.72. The van der Waals surface area contributed by atoms with Crippen LogP contribution in [0.4, 0.5) is 8.78 Å². The maximum absolute atomic E-state index is 12.9. The van der Waals surface area contributed by atoms with Gasteiger partial charge < -0.3 is 4.74 Å². The molecule has 0 amide bonds. The van der Waals surface area contributed by atoms with E-state index in [1.165, 1.54) is 24.3 Å². The number of hydrogen-bond acceptors (Lipinski definition) is 2. The Kier molecular flexibility index (Phi) is 6.34. The average Bonchev–Trinajstić information content (AvgIpc) is 2.48. The third kappa shape index (κ3) is 5.39. The third-order valence-electron chi connectivity index (χ3n) is 2.93. The molecule has 0 fully saturated rings. The van der Waals surface area contributed by atoms with Crippen molar-refractivity contribution in [2.24, 2.45) is 0 Å². The Bertz CT molecular complexity index is 647. The molecule has 1 atom stereocenters. The SMILES string of the molecule is O=[S@@](CCCOc1ccc(F)cc1)Cc1ccc(F)cc1Cl. The van der Waals surface area contributed by atoms with Crippen molar-refractivity contribution in [1.82, 2.24) is 0 Å². The molecule has 2 aromatic rings. The fraction of sp³-hybridized carbons (Fsp3) is 0.250. The van der Waals surface area contributed by atoms with Gasteiger partial charge in [0.25, 0.3) is 0 Å². The van der Waals surface area contributed by atoms with Crippen molar-refractivity contribution in [1.29, 1.82) is 0 Å². The largest absolute Gasteiger partial charge is 0.494 e. The monoisotopic (exact) mass is 344 g/mol. The highest BCUT2D eigenvalue weighted by Crippen LogP contribution is 2.19. The van der Waals surface area contributed by atoms with Crippen LogP contribution in [0.5, 0.6) is 5.75 Å². The fourth-order valence-corrected chi connectivity index (χ4v) is 3.32. The minimum atomic E-state index is -1.10. The highest BCUT2D eigenvalue weighted by molar-refractivity contribution is 7.84. The van der Waals surface area contributed by atoms with Crippen LogP contribution in [0, 0.1) is 11.6 Å². The lowest BCUT2D eigenvalue weighted by atomic mass is 10.2. The molecule has 2 nitrogen and oxygen atoms in total. The second-order valence-electron chi connectivity index (χ2n) is 4.68. The molecule has 0 radical (unpaired) electrons. The third-order valence-corrected chi connectivity index (χ3v) is 4.66. The minimum absolute atomic E-state index is 0.287. The lowest BCUT2D eigenvalue weighted by Gasteiger charge is -2.07. The Labute approximate surface area is 135 Å². The predicted molar refractivity (Wildman–Crippen MR) is 84.6 cm³/mol. The number of halogens is 3. The summed E-state index contributed by atoms with van der Waals surface area (Å²) >= 11 is 5.90. The van der Waals surface area contributed by atoms with Crippen LogP contribution in [0.25, 0.3) is 0 Å². The second-order valence-corrected chi connectivity index (χ2v) is 6.66. The van der Waals surface area contributed by atoms with Crippen LogP contribution < -0.4 is 4.74 Å². The zero-order chi connectivity index (χ0) is 15.9.